The molecule has 0 unspecified atom stereocenters. The van der Waals surface area contributed by atoms with Crippen LogP contribution in [0.3, 0.4) is 0 Å². The summed E-state index contributed by atoms with van der Waals surface area (Å²) in [6.07, 6.45) is 0. The average molecular weight is 632 g/mol. The van der Waals surface area contributed by atoms with E-state index in [2.05, 4.69) is 172 Å². The van der Waals surface area contributed by atoms with Gasteiger partial charge in [0.25, 0.3) is 6.71 Å². The minimum Gasteiger partial charge on any atom is -0.310 e. The highest BCUT2D eigenvalue weighted by atomic mass is 15.1. The molecule has 0 bridgehead atoms. The van der Waals surface area contributed by atoms with Gasteiger partial charge in [-0.15, -0.1) is 0 Å². The number of rotatable bonds is 2. The normalized spacial score (nSPS) is 13.5. The molecule has 236 valence electrons. The Morgan fingerprint density at radius 2 is 1.16 bits per heavy atom. The lowest BCUT2D eigenvalue weighted by atomic mass is 9.34. The molecule has 2 aliphatic rings. The molecule has 2 aromatic heterocycles. The molecular formula is C45H38BN3. The van der Waals surface area contributed by atoms with Gasteiger partial charge >= 0.3 is 0 Å². The lowest BCUT2D eigenvalue weighted by Gasteiger charge is -2.36. The van der Waals surface area contributed by atoms with E-state index in [9.17, 15) is 0 Å². The largest absolute Gasteiger partial charge is 0.310 e. The second-order valence-electron chi connectivity index (χ2n) is 16.1. The summed E-state index contributed by atoms with van der Waals surface area (Å²) in [4.78, 5) is 5.36. The highest BCUT2D eigenvalue weighted by Gasteiger charge is 2.43. The Hall–Kier alpha value is -5.35. The molecule has 0 spiro atoms. The fourth-order valence-electron chi connectivity index (χ4n) is 8.58. The van der Waals surface area contributed by atoms with Crippen LogP contribution in [0.1, 0.15) is 52.9 Å². The molecule has 49 heavy (non-hydrogen) atoms. The van der Waals surface area contributed by atoms with Crippen LogP contribution in [0.5, 0.6) is 0 Å². The summed E-state index contributed by atoms with van der Waals surface area (Å²) < 4.78 is 5.10. The van der Waals surface area contributed by atoms with Crippen LogP contribution in [-0.4, -0.2) is 20.8 Å². The number of hydrogen-bond donors (Lipinski definition) is 0. The predicted octanol–water partition coefficient (Wildman–Crippen LogP) is 9.19. The van der Waals surface area contributed by atoms with Crippen molar-refractivity contribution < 1.29 is 0 Å². The van der Waals surface area contributed by atoms with Crippen LogP contribution >= 0.6 is 0 Å². The highest BCUT2D eigenvalue weighted by molar-refractivity contribution is 7.00. The van der Waals surface area contributed by atoms with Gasteiger partial charge in [-0.05, 0) is 86.0 Å². The van der Waals surface area contributed by atoms with Gasteiger partial charge in [0.2, 0.25) is 0 Å². The summed E-state index contributed by atoms with van der Waals surface area (Å²) in [6.45, 7) is 14.0. The van der Waals surface area contributed by atoms with Gasteiger partial charge in [0.15, 0.2) is 0 Å². The highest BCUT2D eigenvalue weighted by Crippen LogP contribution is 2.42. The van der Waals surface area contributed by atoms with Crippen LogP contribution < -0.4 is 16.4 Å². The first-order valence-corrected chi connectivity index (χ1v) is 17.5. The van der Waals surface area contributed by atoms with Gasteiger partial charge < -0.3 is 4.57 Å². The van der Waals surface area contributed by atoms with Gasteiger partial charge in [-0.25, -0.2) is 4.98 Å². The first kappa shape index (κ1) is 28.6. The number of hydrogen-bond acceptors (Lipinski definition) is 1. The Kier molecular flexibility index (Phi) is 5.63. The first-order chi connectivity index (χ1) is 23.6. The van der Waals surface area contributed by atoms with E-state index in [4.69, 9.17) is 4.98 Å². The Bertz CT molecular complexity index is 2660. The maximum Gasteiger partial charge on any atom is 0.252 e. The van der Waals surface area contributed by atoms with Gasteiger partial charge in [-0.2, -0.15) is 0 Å². The van der Waals surface area contributed by atoms with Gasteiger partial charge in [0.05, 0.1) is 16.6 Å². The molecule has 3 nitrogen and oxygen atoms in total. The molecule has 0 fully saturated rings. The third kappa shape index (κ3) is 3.95. The lowest BCUT2D eigenvalue weighted by molar-refractivity contribution is 0.539. The van der Waals surface area contributed by atoms with E-state index in [0.717, 1.165) is 11.3 Å². The van der Waals surface area contributed by atoms with Crippen molar-refractivity contribution in [3.8, 4) is 33.6 Å². The Labute approximate surface area is 287 Å². The van der Waals surface area contributed by atoms with Crippen LogP contribution in [0.2, 0.25) is 0 Å². The smallest absolute Gasteiger partial charge is 0.252 e. The van der Waals surface area contributed by atoms with E-state index in [1.165, 1.54) is 82.9 Å². The van der Waals surface area contributed by atoms with Crippen LogP contribution in [0.15, 0.2) is 121 Å². The quantitative estimate of drug-likeness (QED) is 0.175. The molecule has 10 rings (SSSR count). The van der Waals surface area contributed by atoms with Crippen molar-refractivity contribution in [3.63, 3.8) is 0 Å². The van der Waals surface area contributed by atoms with E-state index in [1.807, 2.05) is 0 Å². The van der Waals surface area contributed by atoms with Crippen molar-refractivity contribution >= 4 is 55.9 Å². The minimum absolute atomic E-state index is 0.0421. The third-order valence-electron chi connectivity index (χ3n) is 10.9. The average Bonchev–Trinajstić information content (AvgIpc) is 3.66. The monoisotopic (exact) mass is 631 g/mol. The van der Waals surface area contributed by atoms with E-state index in [1.54, 1.807) is 0 Å². The molecular weight excluding hydrogens is 593 g/mol. The van der Waals surface area contributed by atoms with Crippen LogP contribution in [0.4, 0.5) is 0 Å². The second kappa shape index (κ2) is 9.63. The van der Waals surface area contributed by atoms with Crippen molar-refractivity contribution in [3.05, 3.63) is 133 Å². The predicted molar refractivity (Wildman–Crippen MR) is 208 cm³/mol. The summed E-state index contributed by atoms with van der Waals surface area (Å²) in [5.74, 6) is 1.11. The number of imidazole rings is 1. The topological polar surface area (TPSA) is 22.8 Å². The van der Waals surface area contributed by atoms with Crippen LogP contribution in [-0.2, 0) is 10.8 Å². The molecule has 0 saturated heterocycles. The zero-order chi connectivity index (χ0) is 33.4. The van der Waals surface area contributed by atoms with Crippen molar-refractivity contribution in [1.82, 2.24) is 14.1 Å². The second-order valence-corrected chi connectivity index (χ2v) is 16.1. The molecule has 0 aliphatic carbocycles. The number of nitrogens with zero attached hydrogens (tertiary/aromatic N) is 3. The first-order valence-electron chi connectivity index (χ1n) is 17.5. The summed E-state index contributed by atoms with van der Waals surface area (Å²) >= 11 is 0. The maximum atomic E-state index is 5.36. The molecule has 4 heterocycles. The van der Waals surface area contributed by atoms with Gasteiger partial charge in [-0.3, -0.25) is 4.57 Å². The summed E-state index contributed by atoms with van der Waals surface area (Å²) in [5, 5.41) is 2.60. The molecule has 0 N–H and O–H groups in total. The molecule has 0 atom stereocenters. The number of fused-ring (bicyclic) bond motifs is 7. The van der Waals surface area contributed by atoms with Crippen molar-refractivity contribution in [2.24, 2.45) is 0 Å². The summed E-state index contributed by atoms with van der Waals surface area (Å²) in [6, 6.07) is 45.4. The molecule has 4 heteroatoms. The van der Waals surface area contributed by atoms with E-state index < -0.39 is 0 Å². The van der Waals surface area contributed by atoms with Crippen LogP contribution in [0.25, 0.3) is 66.5 Å². The Morgan fingerprint density at radius 3 is 1.84 bits per heavy atom. The minimum atomic E-state index is -0.137. The van der Waals surface area contributed by atoms with E-state index in [-0.39, 0.29) is 17.5 Å². The molecule has 2 aliphatic heterocycles. The Morgan fingerprint density at radius 1 is 0.510 bits per heavy atom. The summed E-state index contributed by atoms with van der Waals surface area (Å²) in [5.41, 5.74) is 17.6. The van der Waals surface area contributed by atoms with Crippen LogP contribution in [0, 0.1) is 0 Å². The molecule has 0 radical (unpaired) electrons. The van der Waals surface area contributed by atoms with E-state index in [0.29, 0.717) is 0 Å². The third-order valence-corrected chi connectivity index (χ3v) is 10.9. The number of benzene rings is 6. The van der Waals surface area contributed by atoms with Gasteiger partial charge in [0, 0.05) is 33.1 Å². The van der Waals surface area contributed by atoms with Gasteiger partial charge in [0.1, 0.15) is 5.82 Å². The van der Waals surface area contributed by atoms with Gasteiger partial charge in [-0.1, -0.05) is 126 Å². The lowest BCUT2D eigenvalue weighted by Crippen LogP contribution is -2.59. The number of para-hydroxylation sites is 1. The van der Waals surface area contributed by atoms with Crippen molar-refractivity contribution in [1.29, 1.82) is 0 Å². The number of aromatic nitrogens is 3. The zero-order valence-electron chi connectivity index (χ0n) is 29.0. The van der Waals surface area contributed by atoms with Crippen molar-refractivity contribution in [2.75, 3.05) is 0 Å². The standard InChI is InChI=1S/C45H38BN3/c1-44(2,3)31-25-38-40-39(26-31)49-42-34(18-13-19-36(42)47-43(49)45(4,5)6)46(40)35-24-30(28-16-11-8-12-17-28)23-33-32-22-29(27-14-9-7-10-15-27)20-21-37(32)48(38)41(33)35/h7-26H,1-6H3. The zero-order valence-corrected chi connectivity index (χ0v) is 29.0. The van der Waals surface area contributed by atoms with Crippen molar-refractivity contribution in [2.45, 2.75) is 52.4 Å². The fourth-order valence-corrected chi connectivity index (χ4v) is 8.58. The molecule has 0 amide bonds. The summed E-state index contributed by atoms with van der Waals surface area (Å²) in [7, 11) is 0. The fraction of sp³-hybridized carbons (Fsp3) is 0.178. The van der Waals surface area contributed by atoms with E-state index >= 15 is 0 Å². The Balaban J connectivity index is 1.42. The maximum absolute atomic E-state index is 5.36. The molecule has 8 aromatic rings. The molecule has 0 saturated carbocycles. The molecule has 6 aromatic carbocycles. The SMILES string of the molecule is CC(C)(C)c1cc2c3c(c1)-n1c4ccc(-c5ccccc5)cc4c4cc(-c5ccccc5)cc(c41)B3c1cccc3nc(C(C)(C)C)n-2c13.